The van der Waals surface area contributed by atoms with Crippen molar-refractivity contribution in [1.82, 2.24) is 0 Å². The van der Waals surface area contributed by atoms with E-state index >= 15 is 0 Å². The van der Waals surface area contributed by atoms with Crippen LogP contribution in [0.15, 0.2) is 68.5 Å². The van der Waals surface area contributed by atoms with Crippen LogP contribution in [0.25, 0.3) is 22.5 Å². The smallest absolute Gasteiger partial charge is 0.240 e. The van der Waals surface area contributed by atoms with Gasteiger partial charge in [0.2, 0.25) is 5.88 Å². The molecule has 0 N–H and O–H groups in total. The Balaban J connectivity index is 2.22. The van der Waals surface area contributed by atoms with Gasteiger partial charge in [-0.15, -0.1) is 0 Å². The van der Waals surface area contributed by atoms with Crippen molar-refractivity contribution in [1.29, 1.82) is 5.26 Å². The molecule has 0 aliphatic heterocycles. The van der Waals surface area contributed by atoms with E-state index in [0.717, 1.165) is 21.2 Å². The van der Waals surface area contributed by atoms with Gasteiger partial charge < -0.3 is 9.15 Å². The van der Waals surface area contributed by atoms with Gasteiger partial charge in [0.25, 0.3) is 0 Å². The van der Waals surface area contributed by atoms with Crippen molar-refractivity contribution in [2.45, 2.75) is 6.92 Å². The Bertz CT molecular complexity index is 923. The Morgan fingerprint density at radius 3 is 2.48 bits per heavy atom. The summed E-state index contributed by atoms with van der Waals surface area (Å²) in [6, 6.07) is 19.6. The zero-order valence-electron chi connectivity index (χ0n) is 13.6. The van der Waals surface area contributed by atoms with E-state index in [1.54, 1.807) is 0 Å². The van der Waals surface area contributed by atoms with Crippen LogP contribution < -0.4 is 0 Å². The third-order valence-electron chi connectivity index (χ3n) is 3.58. The molecule has 0 amide bonds. The quantitative estimate of drug-likeness (QED) is 0.397. The first-order valence-electron chi connectivity index (χ1n) is 7.77. The second-order valence-corrected chi connectivity index (χ2v) is 6.08. The van der Waals surface area contributed by atoms with Crippen LogP contribution in [0, 0.1) is 11.3 Å². The minimum Gasteiger partial charge on any atom is -0.483 e. The average molecular weight is 395 g/mol. The molecule has 0 unspecified atom stereocenters. The predicted molar refractivity (Wildman–Crippen MR) is 102 cm³/mol. The monoisotopic (exact) mass is 394 g/mol. The number of furan rings is 1. The highest BCUT2D eigenvalue weighted by Crippen LogP contribution is 2.42. The highest BCUT2D eigenvalue weighted by Gasteiger charge is 2.22. The maximum atomic E-state index is 9.70. The number of rotatable bonds is 5. The fraction of sp³-hybridized carbons (Fsp3) is 0.100. The lowest BCUT2D eigenvalue weighted by atomic mass is 9.98. The van der Waals surface area contributed by atoms with E-state index in [9.17, 15) is 5.26 Å². The molecule has 0 saturated carbocycles. The third-order valence-corrected chi connectivity index (χ3v) is 4.11. The van der Waals surface area contributed by atoms with Gasteiger partial charge in [0.15, 0.2) is 6.40 Å². The predicted octanol–water partition coefficient (Wildman–Crippen LogP) is 5.94. The van der Waals surface area contributed by atoms with E-state index in [-0.39, 0.29) is 5.88 Å². The van der Waals surface area contributed by atoms with Crippen molar-refractivity contribution in [2.24, 2.45) is 4.99 Å². The lowest BCUT2D eigenvalue weighted by Gasteiger charge is -2.04. The molecular formula is C20H15BrN2O2. The molecule has 0 bridgehead atoms. The minimum atomic E-state index is 0.243. The summed E-state index contributed by atoms with van der Waals surface area (Å²) in [5, 5.41) is 9.70. The van der Waals surface area contributed by atoms with Crippen molar-refractivity contribution in [2.75, 3.05) is 6.61 Å². The number of hydrogen-bond acceptors (Lipinski definition) is 4. The van der Waals surface area contributed by atoms with E-state index in [4.69, 9.17) is 9.15 Å². The molecule has 1 aromatic heterocycles. The molecule has 0 saturated heterocycles. The molecule has 2 aromatic carbocycles. The Morgan fingerprint density at radius 2 is 1.84 bits per heavy atom. The van der Waals surface area contributed by atoms with Gasteiger partial charge in [-0.25, -0.2) is 0 Å². The maximum Gasteiger partial charge on any atom is 0.240 e. The molecule has 25 heavy (non-hydrogen) atoms. The van der Waals surface area contributed by atoms with Crippen LogP contribution in [0.4, 0.5) is 5.88 Å². The molecule has 0 atom stereocenters. The fourth-order valence-electron chi connectivity index (χ4n) is 2.46. The molecular weight excluding hydrogens is 380 g/mol. The molecule has 0 aliphatic carbocycles. The molecule has 0 spiro atoms. The summed E-state index contributed by atoms with van der Waals surface area (Å²) in [7, 11) is 0. The average Bonchev–Trinajstić information content (AvgIpc) is 3.02. The Kier molecular flexibility index (Phi) is 5.32. The first-order valence-corrected chi connectivity index (χ1v) is 8.56. The molecule has 4 nitrogen and oxygen atoms in total. The van der Waals surface area contributed by atoms with Crippen molar-refractivity contribution in [3.05, 3.63) is 64.6 Å². The highest BCUT2D eigenvalue weighted by molar-refractivity contribution is 9.10. The van der Waals surface area contributed by atoms with Crippen molar-refractivity contribution >= 4 is 28.2 Å². The van der Waals surface area contributed by atoms with E-state index in [1.807, 2.05) is 61.5 Å². The van der Waals surface area contributed by atoms with Gasteiger partial charge in [-0.1, -0.05) is 58.4 Å². The van der Waals surface area contributed by atoms with Crippen LogP contribution in [0.3, 0.4) is 0 Å². The first kappa shape index (κ1) is 17.0. The van der Waals surface area contributed by atoms with Crippen LogP contribution in [0.2, 0.25) is 0 Å². The number of benzene rings is 2. The van der Waals surface area contributed by atoms with E-state index in [0.29, 0.717) is 17.9 Å². The number of hydrogen-bond donors (Lipinski definition) is 0. The lowest BCUT2D eigenvalue weighted by molar-refractivity contribution is 0.343. The number of nitriles is 1. The van der Waals surface area contributed by atoms with E-state index in [1.165, 1.54) is 6.40 Å². The number of halogens is 1. The summed E-state index contributed by atoms with van der Waals surface area (Å²) in [6.07, 6.45) is 1.31. The number of aliphatic imine (C=N–C) groups is 1. The van der Waals surface area contributed by atoms with Gasteiger partial charge in [-0.2, -0.15) is 10.3 Å². The minimum absolute atomic E-state index is 0.243. The summed E-state index contributed by atoms with van der Waals surface area (Å²) in [6.45, 7) is 2.36. The van der Waals surface area contributed by atoms with Crippen LogP contribution >= 0.6 is 15.9 Å². The Labute approximate surface area is 154 Å². The highest BCUT2D eigenvalue weighted by atomic mass is 79.9. The van der Waals surface area contributed by atoms with Crippen LogP contribution in [-0.4, -0.2) is 13.0 Å². The molecule has 5 heteroatoms. The van der Waals surface area contributed by atoms with Crippen LogP contribution in [0.1, 0.15) is 12.5 Å². The summed E-state index contributed by atoms with van der Waals surface area (Å²) in [5.74, 6) is 0.857. The summed E-state index contributed by atoms with van der Waals surface area (Å²) in [5.41, 5.74) is 2.89. The van der Waals surface area contributed by atoms with Crippen LogP contribution in [0.5, 0.6) is 0 Å². The molecule has 0 radical (unpaired) electrons. The molecule has 3 aromatic rings. The van der Waals surface area contributed by atoms with E-state index in [2.05, 4.69) is 27.0 Å². The van der Waals surface area contributed by atoms with Gasteiger partial charge in [-0.3, -0.25) is 0 Å². The first-order chi connectivity index (χ1) is 12.2. The van der Waals surface area contributed by atoms with Gasteiger partial charge in [0, 0.05) is 15.6 Å². The van der Waals surface area contributed by atoms with Crippen molar-refractivity contribution < 1.29 is 9.15 Å². The summed E-state index contributed by atoms with van der Waals surface area (Å²) < 4.78 is 12.1. The van der Waals surface area contributed by atoms with Crippen molar-refractivity contribution in [3.63, 3.8) is 0 Å². The summed E-state index contributed by atoms with van der Waals surface area (Å²) >= 11 is 3.44. The fourth-order valence-corrected chi connectivity index (χ4v) is 2.72. The topological polar surface area (TPSA) is 58.5 Å². The number of ether oxygens (including phenoxy) is 1. The summed E-state index contributed by atoms with van der Waals surface area (Å²) in [4.78, 5) is 4.17. The zero-order chi connectivity index (χ0) is 17.6. The molecule has 0 fully saturated rings. The van der Waals surface area contributed by atoms with Gasteiger partial charge in [0.05, 0.1) is 6.61 Å². The zero-order valence-corrected chi connectivity index (χ0v) is 15.2. The second kappa shape index (κ2) is 7.82. The Morgan fingerprint density at radius 1 is 1.12 bits per heavy atom. The standard InChI is InChI=1S/C20H15BrN2O2/c1-2-24-13-23-20-17(12-22)18(14-8-10-16(21)11-9-14)19(25-20)15-6-4-3-5-7-15/h3-11,13H,2H2,1H3. The molecule has 124 valence electrons. The second-order valence-electron chi connectivity index (χ2n) is 5.16. The third kappa shape index (κ3) is 3.65. The van der Waals surface area contributed by atoms with Crippen molar-refractivity contribution in [3.8, 4) is 28.5 Å². The van der Waals surface area contributed by atoms with E-state index < -0.39 is 0 Å². The molecule has 0 aliphatic rings. The lowest BCUT2D eigenvalue weighted by Crippen LogP contribution is -1.85. The maximum absolute atomic E-state index is 9.70. The van der Waals surface area contributed by atoms with Crippen LogP contribution in [-0.2, 0) is 4.74 Å². The SMILES string of the molecule is CCOC=Nc1oc(-c2ccccc2)c(-c2ccc(Br)cc2)c1C#N. The molecule has 3 rings (SSSR count). The normalized spacial score (nSPS) is 10.8. The largest absolute Gasteiger partial charge is 0.483 e. The van der Waals surface area contributed by atoms with Gasteiger partial charge in [-0.05, 0) is 24.6 Å². The van der Waals surface area contributed by atoms with Gasteiger partial charge in [0.1, 0.15) is 17.4 Å². The Hall–Kier alpha value is -2.84. The van der Waals surface area contributed by atoms with Gasteiger partial charge >= 0.3 is 0 Å². The number of nitrogens with zero attached hydrogens (tertiary/aromatic N) is 2. The molecule has 1 heterocycles.